The van der Waals surface area contributed by atoms with Gasteiger partial charge in [-0.05, 0) is 13.0 Å². The van der Waals surface area contributed by atoms with Crippen molar-refractivity contribution in [3.63, 3.8) is 0 Å². The third-order valence-electron chi connectivity index (χ3n) is 0.814. The summed E-state index contributed by atoms with van der Waals surface area (Å²) in [5, 5.41) is 0. The van der Waals surface area contributed by atoms with Crippen molar-refractivity contribution in [1.29, 1.82) is 0 Å². The van der Waals surface area contributed by atoms with Gasteiger partial charge >= 0.3 is 0 Å². The summed E-state index contributed by atoms with van der Waals surface area (Å²) in [6.07, 6.45) is 5.50. The van der Waals surface area contributed by atoms with E-state index in [0.29, 0.717) is 0 Å². The minimum absolute atomic E-state index is 0.774. The van der Waals surface area contributed by atoms with E-state index in [1.807, 2.05) is 38.1 Å². The maximum absolute atomic E-state index is 4.03. The van der Waals surface area contributed by atoms with Crippen LogP contribution in [0.1, 0.15) is 6.92 Å². The molecule has 0 aliphatic carbocycles. The van der Waals surface area contributed by atoms with Crippen LogP contribution in [0.25, 0.3) is 0 Å². The van der Waals surface area contributed by atoms with E-state index in [2.05, 4.69) is 11.6 Å². The Morgan fingerprint density at radius 1 is 1.50 bits per heavy atom. The van der Waals surface area contributed by atoms with Crippen LogP contribution in [0.3, 0.4) is 0 Å². The molecule has 0 radical (unpaired) electrons. The van der Waals surface area contributed by atoms with Crippen molar-refractivity contribution in [3.05, 3.63) is 24.4 Å². The van der Waals surface area contributed by atoms with Gasteiger partial charge in [-0.1, -0.05) is 12.7 Å². The van der Waals surface area contributed by atoms with Crippen molar-refractivity contribution in [2.75, 3.05) is 14.1 Å². The number of rotatable bonds is 3. The average Bonchev–Trinajstić information content (AvgIpc) is 1.85. The van der Waals surface area contributed by atoms with E-state index < -0.39 is 0 Å². The first-order valence-corrected chi connectivity index (χ1v) is 3.19. The Bertz CT molecular complexity index is 155. The molecule has 0 saturated carbocycles. The van der Waals surface area contributed by atoms with E-state index in [1.54, 1.807) is 6.34 Å². The van der Waals surface area contributed by atoms with Crippen molar-refractivity contribution in [1.82, 2.24) is 4.90 Å². The number of allylic oxidation sites excluding steroid dienone is 2. The highest BCUT2D eigenvalue weighted by molar-refractivity contribution is 5.56. The average molecular weight is 138 g/mol. The molecule has 0 aromatic rings. The number of nitrogens with zero attached hydrogens (tertiary/aromatic N) is 2. The smallest absolute Gasteiger partial charge is 0.0906 e. The Balaban J connectivity index is 3.78. The summed E-state index contributed by atoms with van der Waals surface area (Å²) in [7, 11) is 3.85. The third-order valence-corrected chi connectivity index (χ3v) is 0.814. The zero-order chi connectivity index (χ0) is 7.98. The lowest BCUT2D eigenvalue weighted by molar-refractivity contribution is 0.642. The molecule has 0 amide bonds. The van der Waals surface area contributed by atoms with Crippen LogP contribution in [0.15, 0.2) is 29.4 Å². The maximum Gasteiger partial charge on any atom is 0.0906 e. The van der Waals surface area contributed by atoms with E-state index in [1.165, 1.54) is 0 Å². The van der Waals surface area contributed by atoms with Gasteiger partial charge < -0.3 is 4.90 Å². The number of hydrogen-bond donors (Lipinski definition) is 0. The molecular formula is C8H14N2. The molecule has 2 nitrogen and oxygen atoms in total. The van der Waals surface area contributed by atoms with Gasteiger partial charge in [0.2, 0.25) is 0 Å². The Hall–Kier alpha value is -1.05. The Kier molecular flexibility index (Phi) is 4.29. The lowest BCUT2D eigenvalue weighted by atomic mass is 10.4. The summed E-state index contributed by atoms with van der Waals surface area (Å²) < 4.78 is 0. The molecule has 0 aliphatic rings. The molecule has 0 heterocycles. The maximum atomic E-state index is 4.03. The highest BCUT2D eigenvalue weighted by atomic mass is 15.1. The van der Waals surface area contributed by atoms with Crippen LogP contribution in [-0.4, -0.2) is 25.3 Å². The molecule has 56 valence electrons. The molecule has 0 bridgehead atoms. The summed E-state index contributed by atoms with van der Waals surface area (Å²) in [6, 6.07) is 0. The van der Waals surface area contributed by atoms with E-state index in [0.717, 1.165) is 5.70 Å². The van der Waals surface area contributed by atoms with Gasteiger partial charge in [0.05, 0.1) is 12.0 Å². The van der Waals surface area contributed by atoms with Gasteiger partial charge in [-0.25, -0.2) is 4.99 Å². The standard InChI is InChI=1S/C8H14N2/c1-5-6-8(2)9-7-10(3)4/h5-7H,2H2,1,3-4H3/b6-5-,9-7?. The fraction of sp³-hybridized carbons (Fsp3) is 0.375. The summed E-state index contributed by atoms with van der Waals surface area (Å²) in [5.74, 6) is 0. The second kappa shape index (κ2) is 4.79. The molecule has 0 spiro atoms. The molecule has 0 aromatic heterocycles. The van der Waals surface area contributed by atoms with Crippen molar-refractivity contribution < 1.29 is 0 Å². The fourth-order valence-corrected chi connectivity index (χ4v) is 0.425. The molecule has 0 N–H and O–H groups in total. The molecule has 2 heteroatoms. The quantitative estimate of drug-likeness (QED) is 0.329. The first-order valence-electron chi connectivity index (χ1n) is 3.19. The van der Waals surface area contributed by atoms with Crippen LogP contribution < -0.4 is 0 Å². The molecule has 0 aromatic carbocycles. The van der Waals surface area contributed by atoms with Gasteiger partial charge in [-0.15, -0.1) is 0 Å². The largest absolute Gasteiger partial charge is 0.369 e. The highest BCUT2D eigenvalue weighted by Crippen LogP contribution is 1.92. The van der Waals surface area contributed by atoms with Crippen LogP contribution in [0.4, 0.5) is 0 Å². The first-order chi connectivity index (χ1) is 4.66. The molecule has 0 rings (SSSR count). The highest BCUT2D eigenvalue weighted by Gasteiger charge is 1.79. The second-order valence-electron chi connectivity index (χ2n) is 2.20. The molecule has 0 atom stereocenters. The normalized spacial score (nSPS) is 11.1. The molecule has 0 saturated heterocycles. The van der Waals surface area contributed by atoms with Crippen LogP contribution in [0.2, 0.25) is 0 Å². The van der Waals surface area contributed by atoms with Gasteiger partial charge in [0.15, 0.2) is 0 Å². The van der Waals surface area contributed by atoms with Crippen LogP contribution in [-0.2, 0) is 0 Å². The molecule has 0 unspecified atom stereocenters. The SMILES string of the molecule is C=C(/C=C\C)N=CN(C)C. The van der Waals surface area contributed by atoms with E-state index in [-0.39, 0.29) is 0 Å². The molecule has 10 heavy (non-hydrogen) atoms. The minimum atomic E-state index is 0.774. The van der Waals surface area contributed by atoms with Crippen molar-refractivity contribution in [2.24, 2.45) is 4.99 Å². The van der Waals surface area contributed by atoms with Crippen molar-refractivity contribution in [3.8, 4) is 0 Å². The number of hydrogen-bond acceptors (Lipinski definition) is 1. The van der Waals surface area contributed by atoms with Gasteiger partial charge in [0.25, 0.3) is 0 Å². The Labute approximate surface area is 62.6 Å². The predicted molar refractivity (Wildman–Crippen MR) is 46.1 cm³/mol. The van der Waals surface area contributed by atoms with Crippen LogP contribution >= 0.6 is 0 Å². The first kappa shape index (κ1) is 8.95. The Morgan fingerprint density at radius 2 is 2.10 bits per heavy atom. The monoisotopic (exact) mass is 138 g/mol. The van der Waals surface area contributed by atoms with Gasteiger partial charge in [0.1, 0.15) is 0 Å². The summed E-state index contributed by atoms with van der Waals surface area (Å²) in [4.78, 5) is 5.90. The van der Waals surface area contributed by atoms with Crippen LogP contribution in [0, 0.1) is 0 Å². The summed E-state index contributed by atoms with van der Waals surface area (Å²) in [5.41, 5.74) is 0.774. The van der Waals surface area contributed by atoms with Gasteiger partial charge in [-0.2, -0.15) is 0 Å². The Morgan fingerprint density at radius 3 is 2.50 bits per heavy atom. The van der Waals surface area contributed by atoms with E-state index >= 15 is 0 Å². The second-order valence-corrected chi connectivity index (χ2v) is 2.20. The predicted octanol–water partition coefficient (Wildman–Crippen LogP) is 1.67. The van der Waals surface area contributed by atoms with Gasteiger partial charge in [-0.3, -0.25) is 0 Å². The van der Waals surface area contributed by atoms with Gasteiger partial charge in [0, 0.05) is 14.1 Å². The minimum Gasteiger partial charge on any atom is -0.369 e. The lowest BCUT2D eigenvalue weighted by Gasteiger charge is -2.00. The van der Waals surface area contributed by atoms with E-state index in [4.69, 9.17) is 0 Å². The van der Waals surface area contributed by atoms with Crippen molar-refractivity contribution >= 4 is 6.34 Å². The third kappa shape index (κ3) is 5.09. The molecule has 0 aliphatic heterocycles. The zero-order valence-corrected chi connectivity index (χ0v) is 6.83. The number of aliphatic imine (C=N–C) groups is 1. The summed E-state index contributed by atoms with van der Waals surface area (Å²) in [6.45, 7) is 5.65. The zero-order valence-electron chi connectivity index (χ0n) is 6.83. The fourth-order valence-electron chi connectivity index (χ4n) is 0.425. The van der Waals surface area contributed by atoms with E-state index in [9.17, 15) is 0 Å². The molecule has 0 fully saturated rings. The lowest BCUT2D eigenvalue weighted by Crippen LogP contribution is -2.07. The van der Waals surface area contributed by atoms with Crippen LogP contribution in [0.5, 0.6) is 0 Å². The summed E-state index contributed by atoms with van der Waals surface area (Å²) >= 11 is 0. The topological polar surface area (TPSA) is 15.6 Å². The molecular weight excluding hydrogens is 124 g/mol. The van der Waals surface area contributed by atoms with Crippen molar-refractivity contribution in [2.45, 2.75) is 6.92 Å².